The molecule has 0 saturated carbocycles. The van der Waals surface area contributed by atoms with Crippen LogP contribution in [-0.4, -0.2) is 33.1 Å². The van der Waals surface area contributed by atoms with E-state index in [1.807, 2.05) is 0 Å². The largest absolute Gasteiger partial charge is 0.478 e. The number of non-ortho nitro benzene ring substituents is 1. The van der Waals surface area contributed by atoms with Gasteiger partial charge < -0.3 is 15.7 Å². The van der Waals surface area contributed by atoms with Gasteiger partial charge in [-0.05, 0) is 55.1 Å². The highest BCUT2D eigenvalue weighted by Crippen LogP contribution is 2.29. The molecule has 2 amide bonds. The molecule has 0 saturated heterocycles. The summed E-state index contributed by atoms with van der Waals surface area (Å²) in [6, 6.07) is 21.1. The highest BCUT2D eigenvalue weighted by molar-refractivity contribution is 8.00. The molecule has 0 aromatic heterocycles. The molecule has 38 heavy (non-hydrogen) atoms. The lowest BCUT2D eigenvalue weighted by Gasteiger charge is -2.14. The summed E-state index contributed by atoms with van der Waals surface area (Å²) in [5.74, 6) is -1.91. The van der Waals surface area contributed by atoms with E-state index in [-0.39, 0.29) is 22.7 Å². The molecular weight excluding hydrogens is 506 g/mol. The van der Waals surface area contributed by atoms with Crippen molar-refractivity contribution in [2.24, 2.45) is 0 Å². The number of nitrogens with one attached hydrogen (secondary N) is 2. The van der Waals surface area contributed by atoms with Crippen molar-refractivity contribution in [2.75, 3.05) is 10.6 Å². The van der Waals surface area contributed by atoms with Crippen LogP contribution in [-0.2, 0) is 4.79 Å². The van der Waals surface area contributed by atoms with E-state index < -0.39 is 22.0 Å². The summed E-state index contributed by atoms with van der Waals surface area (Å²) in [7, 11) is 0. The number of rotatable bonds is 8. The number of aromatic carboxylic acids is 1. The minimum absolute atomic E-state index is 0.0383. The lowest BCUT2D eigenvalue weighted by atomic mass is 9.98. The van der Waals surface area contributed by atoms with Gasteiger partial charge in [0.1, 0.15) is 0 Å². The molecule has 192 valence electrons. The van der Waals surface area contributed by atoms with Crippen LogP contribution < -0.4 is 10.6 Å². The number of hydrogen-bond donors (Lipinski definition) is 3. The summed E-state index contributed by atoms with van der Waals surface area (Å²) in [6.07, 6.45) is 0. The predicted octanol–water partition coefficient (Wildman–Crippen LogP) is 6.13. The number of carboxylic acid groups (broad SMARTS) is 1. The molecule has 0 fully saturated rings. The summed E-state index contributed by atoms with van der Waals surface area (Å²) in [6.45, 7) is 3.46. The zero-order valence-electron chi connectivity index (χ0n) is 20.4. The Balaban J connectivity index is 1.49. The molecule has 4 rings (SSSR count). The number of carbonyl (C=O) groups is 3. The van der Waals surface area contributed by atoms with Crippen LogP contribution in [0.3, 0.4) is 0 Å². The normalized spacial score (nSPS) is 11.5. The van der Waals surface area contributed by atoms with Crippen LogP contribution in [0.15, 0.2) is 83.8 Å². The molecule has 0 aliphatic heterocycles. The fourth-order valence-electron chi connectivity index (χ4n) is 3.90. The Hall–Kier alpha value is -4.70. The van der Waals surface area contributed by atoms with Crippen molar-refractivity contribution in [1.29, 1.82) is 0 Å². The Morgan fingerprint density at radius 2 is 1.61 bits per heavy atom. The van der Waals surface area contributed by atoms with Crippen molar-refractivity contribution < 1.29 is 24.4 Å². The second-order valence-corrected chi connectivity index (χ2v) is 9.92. The Morgan fingerprint density at radius 1 is 0.921 bits per heavy atom. The van der Waals surface area contributed by atoms with E-state index in [2.05, 4.69) is 10.6 Å². The number of aryl methyl sites for hydroxylation is 1. The molecule has 10 heteroatoms. The molecule has 1 unspecified atom stereocenters. The average molecular weight is 530 g/mol. The van der Waals surface area contributed by atoms with E-state index in [9.17, 15) is 29.6 Å². The molecule has 9 nitrogen and oxygen atoms in total. The van der Waals surface area contributed by atoms with Gasteiger partial charge >= 0.3 is 5.97 Å². The highest BCUT2D eigenvalue weighted by atomic mass is 32.2. The maximum absolute atomic E-state index is 13.1. The van der Waals surface area contributed by atoms with Crippen molar-refractivity contribution in [3.63, 3.8) is 0 Å². The van der Waals surface area contributed by atoms with Gasteiger partial charge in [-0.2, -0.15) is 0 Å². The second kappa shape index (κ2) is 11.1. The molecule has 0 aliphatic rings. The average Bonchev–Trinajstić information content (AvgIpc) is 2.89. The van der Waals surface area contributed by atoms with Gasteiger partial charge in [0.2, 0.25) is 5.91 Å². The van der Waals surface area contributed by atoms with Gasteiger partial charge in [-0.25, -0.2) is 4.79 Å². The van der Waals surface area contributed by atoms with Gasteiger partial charge in [0.05, 0.1) is 21.4 Å². The first-order valence-electron chi connectivity index (χ1n) is 11.5. The number of benzene rings is 4. The van der Waals surface area contributed by atoms with E-state index in [0.29, 0.717) is 32.6 Å². The Labute approximate surface area is 222 Å². The first kappa shape index (κ1) is 26.4. The molecule has 0 spiro atoms. The zero-order valence-corrected chi connectivity index (χ0v) is 21.2. The van der Waals surface area contributed by atoms with Crippen molar-refractivity contribution in [2.45, 2.75) is 24.0 Å². The Bertz CT molecular complexity index is 1580. The number of anilines is 2. The number of nitrogens with zero attached hydrogens (tertiary/aromatic N) is 1. The van der Waals surface area contributed by atoms with E-state index in [0.717, 1.165) is 0 Å². The van der Waals surface area contributed by atoms with Gasteiger partial charge in [0.15, 0.2) is 0 Å². The van der Waals surface area contributed by atoms with E-state index in [1.54, 1.807) is 74.5 Å². The predicted molar refractivity (Wildman–Crippen MR) is 147 cm³/mol. The standard InChI is InChI=1S/C28H23N3O6S/c1-16-12-13-20(31(36)37)15-24(16)30-26(32)17(2)38-21-9-5-8-19(14-21)29-27(33)22-10-3-6-18-7-4-11-23(25(18)22)28(34)35/h3-15,17H,1-2H3,(H,29,33)(H,30,32)(H,34,35). The number of fused-ring (bicyclic) bond motifs is 1. The maximum atomic E-state index is 13.1. The van der Waals surface area contributed by atoms with Crippen LogP contribution >= 0.6 is 11.8 Å². The van der Waals surface area contributed by atoms with Gasteiger partial charge in [0.25, 0.3) is 11.6 Å². The summed E-state index contributed by atoms with van der Waals surface area (Å²) >= 11 is 1.26. The van der Waals surface area contributed by atoms with E-state index in [4.69, 9.17) is 0 Å². The quantitative estimate of drug-likeness (QED) is 0.142. The number of carbonyl (C=O) groups excluding carboxylic acids is 2. The molecule has 3 N–H and O–H groups in total. The van der Waals surface area contributed by atoms with Crippen LogP contribution in [0.5, 0.6) is 0 Å². The zero-order chi connectivity index (χ0) is 27.4. The molecule has 4 aromatic rings. The molecule has 4 aromatic carbocycles. The first-order chi connectivity index (χ1) is 18.1. The van der Waals surface area contributed by atoms with E-state index in [1.165, 1.54) is 30.0 Å². The summed E-state index contributed by atoms with van der Waals surface area (Å²) < 4.78 is 0. The Kier molecular flexibility index (Phi) is 7.73. The molecule has 0 heterocycles. The molecular formula is C28H23N3O6S. The third-order valence-electron chi connectivity index (χ3n) is 5.84. The lowest BCUT2D eigenvalue weighted by molar-refractivity contribution is -0.384. The number of nitro benzene ring substituents is 1. The smallest absolute Gasteiger partial charge is 0.336 e. The van der Waals surface area contributed by atoms with Gasteiger partial charge in [-0.15, -0.1) is 11.8 Å². The highest BCUT2D eigenvalue weighted by Gasteiger charge is 2.19. The first-order valence-corrected chi connectivity index (χ1v) is 12.4. The topological polar surface area (TPSA) is 139 Å². The van der Waals surface area contributed by atoms with Crippen LogP contribution in [0.2, 0.25) is 0 Å². The van der Waals surface area contributed by atoms with Crippen molar-refractivity contribution in [3.05, 3.63) is 106 Å². The SMILES string of the molecule is Cc1ccc([N+](=O)[O-])cc1NC(=O)C(C)Sc1cccc(NC(=O)c2cccc3cccc(C(=O)O)c23)c1. The van der Waals surface area contributed by atoms with Gasteiger partial charge in [0, 0.05) is 33.7 Å². The third kappa shape index (κ3) is 5.81. The second-order valence-electron chi connectivity index (χ2n) is 8.50. The monoisotopic (exact) mass is 529 g/mol. The molecule has 0 aliphatic carbocycles. The van der Waals surface area contributed by atoms with Gasteiger partial charge in [-0.1, -0.05) is 36.4 Å². The summed E-state index contributed by atoms with van der Waals surface area (Å²) in [5, 5.41) is 26.7. The fourth-order valence-corrected chi connectivity index (χ4v) is 4.83. The van der Waals surface area contributed by atoms with Crippen LogP contribution in [0.4, 0.5) is 17.1 Å². The van der Waals surface area contributed by atoms with Crippen LogP contribution in [0.25, 0.3) is 10.8 Å². The van der Waals surface area contributed by atoms with Crippen LogP contribution in [0, 0.1) is 17.0 Å². The number of thioether (sulfide) groups is 1. The number of carboxylic acids is 1. The maximum Gasteiger partial charge on any atom is 0.336 e. The number of amides is 2. The fraction of sp³-hybridized carbons (Fsp3) is 0.107. The minimum atomic E-state index is -1.12. The summed E-state index contributed by atoms with van der Waals surface area (Å²) in [4.78, 5) is 48.9. The van der Waals surface area contributed by atoms with Gasteiger partial charge in [-0.3, -0.25) is 19.7 Å². The lowest BCUT2D eigenvalue weighted by Crippen LogP contribution is -2.22. The molecule has 0 radical (unpaired) electrons. The Morgan fingerprint density at radius 3 is 2.29 bits per heavy atom. The number of nitro groups is 1. The molecule has 0 bridgehead atoms. The minimum Gasteiger partial charge on any atom is -0.478 e. The van der Waals surface area contributed by atoms with Crippen molar-refractivity contribution in [1.82, 2.24) is 0 Å². The van der Waals surface area contributed by atoms with Crippen LogP contribution in [0.1, 0.15) is 33.2 Å². The third-order valence-corrected chi connectivity index (χ3v) is 6.94. The van der Waals surface area contributed by atoms with E-state index >= 15 is 0 Å². The van der Waals surface area contributed by atoms with Crippen molar-refractivity contribution >= 4 is 57.4 Å². The molecule has 1 atom stereocenters. The summed E-state index contributed by atoms with van der Waals surface area (Å²) in [5.41, 5.74) is 1.71. The number of hydrogen-bond acceptors (Lipinski definition) is 6. The van der Waals surface area contributed by atoms with Crippen molar-refractivity contribution in [3.8, 4) is 0 Å².